The second-order valence-corrected chi connectivity index (χ2v) is 10.2. The van der Waals surface area contributed by atoms with Crippen LogP contribution in [0.2, 0.25) is 0 Å². The third-order valence-electron chi connectivity index (χ3n) is 7.98. The van der Waals surface area contributed by atoms with Crippen molar-refractivity contribution in [2.45, 2.75) is 71.0 Å². The molecule has 0 saturated heterocycles. The van der Waals surface area contributed by atoms with Crippen molar-refractivity contribution < 1.29 is 0 Å². The minimum atomic E-state index is -0.312. The number of rotatable bonds is 4. The molecular formula is C28H32N6O. The smallest absolute Gasteiger partial charge is 0.253 e. The van der Waals surface area contributed by atoms with E-state index in [4.69, 9.17) is 0 Å². The highest BCUT2D eigenvalue weighted by molar-refractivity contribution is 5.85. The van der Waals surface area contributed by atoms with Crippen molar-refractivity contribution in [3.05, 3.63) is 86.5 Å². The zero-order valence-corrected chi connectivity index (χ0v) is 20.5. The summed E-state index contributed by atoms with van der Waals surface area (Å²) in [5, 5.41) is 14.2. The van der Waals surface area contributed by atoms with Crippen LogP contribution in [0.1, 0.15) is 77.8 Å². The summed E-state index contributed by atoms with van der Waals surface area (Å²) in [6.07, 6.45) is 6.77. The van der Waals surface area contributed by atoms with Crippen LogP contribution in [0.4, 0.5) is 0 Å². The molecule has 2 aromatic heterocycles. The van der Waals surface area contributed by atoms with E-state index in [1.54, 1.807) is 0 Å². The van der Waals surface area contributed by atoms with Gasteiger partial charge in [0.2, 0.25) is 0 Å². The lowest BCUT2D eigenvalue weighted by atomic mass is 9.93. The van der Waals surface area contributed by atoms with Crippen LogP contribution in [-0.4, -0.2) is 36.6 Å². The van der Waals surface area contributed by atoms with Gasteiger partial charge in [-0.3, -0.25) is 9.69 Å². The Bertz CT molecular complexity index is 1430. The Morgan fingerprint density at radius 1 is 1.00 bits per heavy atom. The quantitative estimate of drug-likeness (QED) is 0.466. The van der Waals surface area contributed by atoms with Gasteiger partial charge in [0, 0.05) is 24.0 Å². The van der Waals surface area contributed by atoms with E-state index in [1.165, 1.54) is 30.4 Å². The molecule has 4 aromatic rings. The van der Waals surface area contributed by atoms with Crippen LogP contribution in [0.5, 0.6) is 0 Å². The molecule has 0 amide bonds. The fourth-order valence-corrected chi connectivity index (χ4v) is 6.00. The van der Waals surface area contributed by atoms with Gasteiger partial charge in [-0.2, -0.15) is 0 Å². The first-order valence-corrected chi connectivity index (χ1v) is 12.8. The first-order valence-electron chi connectivity index (χ1n) is 12.8. The third kappa shape index (κ3) is 3.97. The molecule has 7 nitrogen and oxygen atoms in total. The summed E-state index contributed by atoms with van der Waals surface area (Å²) in [5.74, 6) is 0.784. The Hall–Kier alpha value is -3.32. The number of aromatic nitrogens is 5. The number of hydrogen-bond acceptors (Lipinski definition) is 5. The van der Waals surface area contributed by atoms with Crippen molar-refractivity contribution in [2.24, 2.45) is 0 Å². The number of benzene rings is 2. The monoisotopic (exact) mass is 468 g/mol. The Morgan fingerprint density at radius 3 is 2.60 bits per heavy atom. The predicted octanol–water partition coefficient (Wildman–Crippen LogP) is 4.78. The molecule has 1 atom stereocenters. The van der Waals surface area contributed by atoms with E-state index in [0.29, 0.717) is 0 Å². The standard InChI is InChI=1S/C28H32N6O/c1-18-12-13-19(2)25-23(18)16-24(28(35)29-25)26(33-15-14-20-8-6-7-9-21(20)17-33)27-30-31-32-34(27)22-10-4-3-5-11-22/h6-9,12-13,16,22,26H,3-5,10-11,14-15,17H2,1-2H3,(H,29,35). The molecule has 0 bridgehead atoms. The molecule has 2 aliphatic rings. The first-order chi connectivity index (χ1) is 17.1. The summed E-state index contributed by atoms with van der Waals surface area (Å²) >= 11 is 0. The maximum Gasteiger partial charge on any atom is 0.253 e. The topological polar surface area (TPSA) is 79.7 Å². The fourth-order valence-electron chi connectivity index (χ4n) is 6.00. The van der Waals surface area contributed by atoms with E-state index in [1.807, 2.05) is 11.6 Å². The van der Waals surface area contributed by atoms with Crippen LogP contribution in [-0.2, 0) is 13.0 Å². The van der Waals surface area contributed by atoms with E-state index in [2.05, 4.69) is 74.8 Å². The molecule has 1 aliphatic carbocycles. The van der Waals surface area contributed by atoms with Gasteiger partial charge in [-0.25, -0.2) is 4.68 Å². The van der Waals surface area contributed by atoms with Crippen LogP contribution in [0.15, 0.2) is 47.3 Å². The SMILES string of the molecule is Cc1ccc(C)c2[nH]c(=O)c(C(c3nnnn3C3CCCCC3)N3CCc4ccccc4C3)cc12. The van der Waals surface area contributed by atoms with E-state index < -0.39 is 0 Å². The van der Waals surface area contributed by atoms with E-state index >= 15 is 0 Å². The average Bonchev–Trinajstić information content (AvgIpc) is 3.37. The van der Waals surface area contributed by atoms with Crippen LogP contribution in [0.3, 0.4) is 0 Å². The molecular weight excluding hydrogens is 436 g/mol. The predicted molar refractivity (Wildman–Crippen MR) is 136 cm³/mol. The number of tetrazole rings is 1. The zero-order chi connectivity index (χ0) is 23.9. The van der Waals surface area contributed by atoms with Crippen molar-refractivity contribution in [1.29, 1.82) is 0 Å². The zero-order valence-electron chi connectivity index (χ0n) is 20.5. The number of pyridine rings is 1. The van der Waals surface area contributed by atoms with E-state index in [0.717, 1.165) is 65.8 Å². The summed E-state index contributed by atoms with van der Waals surface area (Å²) < 4.78 is 2.02. The number of aromatic amines is 1. The van der Waals surface area contributed by atoms with Gasteiger partial charge in [0.25, 0.3) is 5.56 Å². The number of H-pyrrole nitrogens is 1. The largest absolute Gasteiger partial charge is 0.321 e. The van der Waals surface area contributed by atoms with Gasteiger partial charge in [0.1, 0.15) is 6.04 Å². The van der Waals surface area contributed by atoms with E-state index in [-0.39, 0.29) is 17.6 Å². The molecule has 1 aliphatic heterocycles. The van der Waals surface area contributed by atoms with E-state index in [9.17, 15) is 4.79 Å². The Labute approximate surface area is 205 Å². The van der Waals surface area contributed by atoms with Crippen molar-refractivity contribution in [3.63, 3.8) is 0 Å². The van der Waals surface area contributed by atoms with Crippen LogP contribution in [0, 0.1) is 13.8 Å². The maximum atomic E-state index is 13.6. The second-order valence-electron chi connectivity index (χ2n) is 10.2. The summed E-state index contributed by atoms with van der Waals surface area (Å²) in [7, 11) is 0. The molecule has 1 saturated carbocycles. The Kier molecular flexibility index (Phi) is 5.72. The number of nitrogens with one attached hydrogen (secondary N) is 1. The van der Waals surface area contributed by atoms with Gasteiger partial charge in [-0.15, -0.1) is 5.10 Å². The summed E-state index contributed by atoms with van der Waals surface area (Å²) in [4.78, 5) is 19.2. The molecule has 1 N–H and O–H groups in total. The molecule has 6 rings (SSSR count). The van der Waals surface area contributed by atoms with Crippen LogP contribution in [0.25, 0.3) is 10.9 Å². The summed E-state index contributed by atoms with van der Waals surface area (Å²) in [5.41, 5.74) is 6.49. The van der Waals surface area contributed by atoms with Gasteiger partial charge in [0.15, 0.2) is 5.82 Å². The highest BCUT2D eigenvalue weighted by atomic mass is 16.1. The molecule has 35 heavy (non-hydrogen) atoms. The average molecular weight is 469 g/mol. The molecule has 1 unspecified atom stereocenters. The van der Waals surface area contributed by atoms with Crippen LogP contribution < -0.4 is 5.56 Å². The van der Waals surface area contributed by atoms with Gasteiger partial charge in [-0.05, 0) is 71.9 Å². The number of nitrogens with zero attached hydrogens (tertiary/aromatic N) is 5. The van der Waals surface area contributed by atoms with Gasteiger partial charge in [0.05, 0.1) is 11.6 Å². The molecule has 1 fully saturated rings. The van der Waals surface area contributed by atoms with Crippen molar-refractivity contribution >= 4 is 10.9 Å². The van der Waals surface area contributed by atoms with Gasteiger partial charge < -0.3 is 4.98 Å². The normalized spacial score (nSPS) is 18.0. The van der Waals surface area contributed by atoms with Gasteiger partial charge >= 0.3 is 0 Å². The number of hydrogen-bond donors (Lipinski definition) is 1. The lowest BCUT2D eigenvalue weighted by molar-refractivity contribution is 0.187. The lowest BCUT2D eigenvalue weighted by Crippen LogP contribution is -2.39. The minimum Gasteiger partial charge on any atom is -0.321 e. The molecule has 3 heterocycles. The fraction of sp³-hybridized carbons (Fsp3) is 0.429. The molecule has 7 heteroatoms. The highest BCUT2D eigenvalue weighted by Crippen LogP contribution is 2.35. The van der Waals surface area contributed by atoms with Gasteiger partial charge in [-0.1, -0.05) is 55.7 Å². The van der Waals surface area contributed by atoms with Crippen LogP contribution >= 0.6 is 0 Å². The number of fused-ring (bicyclic) bond motifs is 2. The maximum absolute atomic E-state index is 13.6. The second kappa shape index (κ2) is 9.04. The minimum absolute atomic E-state index is 0.0618. The summed E-state index contributed by atoms with van der Waals surface area (Å²) in [6.45, 7) is 5.76. The third-order valence-corrected chi connectivity index (χ3v) is 7.98. The molecule has 0 radical (unpaired) electrons. The Balaban J connectivity index is 1.52. The Morgan fingerprint density at radius 2 is 1.77 bits per heavy atom. The molecule has 180 valence electrons. The highest BCUT2D eigenvalue weighted by Gasteiger charge is 2.34. The first kappa shape index (κ1) is 22.2. The van der Waals surface area contributed by atoms with Crippen molar-refractivity contribution in [2.75, 3.05) is 6.54 Å². The molecule has 0 spiro atoms. The number of aryl methyl sites for hydroxylation is 2. The summed E-state index contributed by atoms with van der Waals surface area (Å²) in [6, 6.07) is 14.9. The van der Waals surface area contributed by atoms with Crippen molar-refractivity contribution in [1.82, 2.24) is 30.1 Å². The molecule has 2 aromatic carbocycles. The van der Waals surface area contributed by atoms with Crippen molar-refractivity contribution in [3.8, 4) is 0 Å². The lowest BCUT2D eigenvalue weighted by Gasteiger charge is -2.35.